The molecule has 0 heterocycles. The highest BCUT2D eigenvalue weighted by Gasteiger charge is 2.14. The Bertz CT molecular complexity index is 119. The third kappa shape index (κ3) is 2.25. The lowest BCUT2D eigenvalue weighted by atomic mass is 10.1. The van der Waals surface area contributed by atoms with Crippen molar-refractivity contribution in [3.8, 4) is 0 Å². The zero-order valence-electron chi connectivity index (χ0n) is 6.02. The first-order valence-electron chi connectivity index (χ1n) is 3.78. The van der Waals surface area contributed by atoms with E-state index in [1.807, 2.05) is 0 Å². The summed E-state index contributed by atoms with van der Waals surface area (Å²) >= 11 is 0. The number of rotatable bonds is 2. The molecule has 0 aromatic rings. The topological polar surface area (TPSA) is 52.9 Å². The normalized spacial score (nSPS) is 19.2. The van der Waals surface area contributed by atoms with E-state index in [-0.39, 0.29) is 0 Å². The van der Waals surface area contributed by atoms with Crippen LogP contribution in [0.1, 0.15) is 25.7 Å². The highest BCUT2D eigenvalue weighted by Crippen LogP contribution is 2.23. The van der Waals surface area contributed by atoms with Crippen LogP contribution in [0.25, 0.3) is 0 Å². The average molecular weight is 141 g/mol. The van der Waals surface area contributed by atoms with Gasteiger partial charge in [0.15, 0.2) is 0 Å². The molecule has 0 spiro atoms. The van der Waals surface area contributed by atoms with Crippen LogP contribution in [0.4, 0.5) is 4.79 Å². The van der Waals surface area contributed by atoms with E-state index in [9.17, 15) is 4.79 Å². The van der Waals surface area contributed by atoms with Crippen molar-refractivity contribution in [1.82, 2.24) is 11.1 Å². The van der Waals surface area contributed by atoms with Crippen molar-refractivity contribution in [3.05, 3.63) is 0 Å². The van der Waals surface area contributed by atoms with Crippen LogP contribution in [0.5, 0.6) is 0 Å². The van der Waals surface area contributed by atoms with Gasteiger partial charge in [0.05, 0.1) is 0 Å². The molecule has 0 saturated heterocycles. The Kier molecular flexibility index (Phi) is 2.54. The molecule has 1 fully saturated rings. The van der Waals surface area contributed by atoms with Crippen molar-refractivity contribution in [2.75, 3.05) is 6.54 Å². The van der Waals surface area contributed by atoms with Gasteiger partial charge in [0.2, 0.25) is 0 Å². The summed E-state index contributed by atoms with van der Waals surface area (Å²) < 4.78 is 0. The molecule has 0 unspecified atom stereocenters. The van der Waals surface area contributed by atoms with Gasteiger partial charge in [0.25, 0.3) is 0 Å². The Morgan fingerprint density at radius 1 is 1.50 bits per heavy atom. The maximum absolute atomic E-state index is 10.2. The zero-order chi connectivity index (χ0) is 7.40. The predicted octanol–water partition coefficient (Wildman–Crippen LogP) is 1.17. The van der Waals surface area contributed by atoms with Gasteiger partial charge in [-0.1, -0.05) is 12.8 Å². The summed E-state index contributed by atoms with van der Waals surface area (Å²) in [5.41, 5.74) is 6.59. The summed E-state index contributed by atoms with van der Waals surface area (Å²) in [7, 11) is 0. The van der Waals surface area contributed by atoms with E-state index in [0.29, 0.717) is 12.5 Å². The molecular formula is C7H13N2O. The lowest BCUT2D eigenvalue weighted by Gasteiger charge is -2.06. The second kappa shape index (κ2) is 3.44. The summed E-state index contributed by atoms with van der Waals surface area (Å²) in [5.74, 6) is 0.647. The van der Waals surface area contributed by atoms with E-state index in [4.69, 9.17) is 5.73 Å². The van der Waals surface area contributed by atoms with E-state index in [0.717, 1.165) is 0 Å². The highest BCUT2D eigenvalue weighted by atomic mass is 16.2. The van der Waals surface area contributed by atoms with Crippen molar-refractivity contribution in [2.24, 2.45) is 5.92 Å². The molecule has 57 valence electrons. The fraction of sp³-hybridized carbons (Fsp3) is 0.857. The van der Waals surface area contributed by atoms with Crippen LogP contribution in [-0.4, -0.2) is 12.6 Å². The van der Waals surface area contributed by atoms with Crippen molar-refractivity contribution < 1.29 is 4.79 Å². The quantitative estimate of drug-likeness (QED) is 0.616. The second-order valence-corrected chi connectivity index (χ2v) is 2.86. The molecule has 0 bridgehead atoms. The van der Waals surface area contributed by atoms with Crippen molar-refractivity contribution in [3.63, 3.8) is 0 Å². The lowest BCUT2D eigenvalue weighted by Crippen LogP contribution is -2.27. The smallest absolute Gasteiger partial charge is 0.333 e. The monoisotopic (exact) mass is 141 g/mol. The van der Waals surface area contributed by atoms with Gasteiger partial charge in [-0.2, -0.15) is 0 Å². The number of urea groups is 1. The highest BCUT2D eigenvalue weighted by molar-refractivity contribution is 5.70. The summed E-state index contributed by atoms with van der Waals surface area (Å²) in [6.07, 6.45) is 5.03. The van der Waals surface area contributed by atoms with E-state index in [2.05, 4.69) is 5.32 Å². The summed E-state index contributed by atoms with van der Waals surface area (Å²) in [4.78, 5) is 10.2. The molecule has 1 radical (unpaired) electrons. The zero-order valence-corrected chi connectivity index (χ0v) is 6.02. The molecule has 3 heteroatoms. The molecule has 1 saturated carbocycles. The summed E-state index contributed by atoms with van der Waals surface area (Å²) in [5, 5.41) is 2.52. The summed E-state index contributed by atoms with van der Waals surface area (Å²) in [6, 6.07) is -0.646. The molecule has 2 N–H and O–H groups in total. The van der Waals surface area contributed by atoms with Crippen LogP contribution in [-0.2, 0) is 0 Å². The number of hydrogen-bond donors (Lipinski definition) is 1. The number of carbonyl (C=O) groups excluding carboxylic acids is 1. The van der Waals surface area contributed by atoms with Gasteiger partial charge in [-0.05, 0) is 18.8 Å². The third-order valence-electron chi connectivity index (χ3n) is 2.03. The molecule has 3 nitrogen and oxygen atoms in total. The fourth-order valence-electron chi connectivity index (χ4n) is 1.45. The van der Waals surface area contributed by atoms with Crippen LogP contribution in [0.3, 0.4) is 0 Å². The molecule has 1 rings (SSSR count). The Labute approximate surface area is 61.0 Å². The first-order chi connectivity index (χ1) is 4.79. The van der Waals surface area contributed by atoms with Gasteiger partial charge in [-0.3, -0.25) is 0 Å². The van der Waals surface area contributed by atoms with Crippen molar-refractivity contribution in [1.29, 1.82) is 0 Å². The maximum Gasteiger partial charge on any atom is 0.333 e. The molecule has 1 aliphatic carbocycles. The molecule has 0 atom stereocenters. The molecular weight excluding hydrogens is 128 g/mol. The number of carbonyl (C=O) groups is 1. The van der Waals surface area contributed by atoms with E-state index >= 15 is 0 Å². The lowest BCUT2D eigenvalue weighted by molar-refractivity contribution is 0.246. The van der Waals surface area contributed by atoms with Crippen molar-refractivity contribution >= 4 is 6.03 Å². The van der Waals surface area contributed by atoms with Gasteiger partial charge in [0, 0.05) is 6.54 Å². The number of hydrogen-bond acceptors (Lipinski definition) is 1. The Hall–Kier alpha value is -0.730. The molecule has 1 aliphatic rings. The Morgan fingerprint density at radius 2 is 2.10 bits per heavy atom. The molecule has 2 amide bonds. The van der Waals surface area contributed by atoms with Crippen LogP contribution < -0.4 is 11.1 Å². The van der Waals surface area contributed by atoms with Crippen LogP contribution in [0.15, 0.2) is 0 Å². The first kappa shape index (κ1) is 7.38. The minimum absolute atomic E-state index is 0.646. The largest absolute Gasteiger partial charge is 0.336 e. The fourth-order valence-corrected chi connectivity index (χ4v) is 1.45. The number of amides is 2. The van der Waals surface area contributed by atoms with Gasteiger partial charge in [0.1, 0.15) is 0 Å². The minimum atomic E-state index is -0.646. The summed E-state index contributed by atoms with van der Waals surface area (Å²) in [6.45, 7) is 0.711. The standard InChI is InChI=1S/C7H13N2O/c8-7(10)9-5-6-3-1-2-4-6/h6,8H,1-5H2,(H,9,10). The first-order valence-corrected chi connectivity index (χ1v) is 3.78. The minimum Gasteiger partial charge on any atom is -0.336 e. The third-order valence-corrected chi connectivity index (χ3v) is 2.03. The molecule has 0 aromatic carbocycles. The van der Waals surface area contributed by atoms with Crippen LogP contribution in [0.2, 0.25) is 0 Å². The Balaban J connectivity index is 2.07. The van der Waals surface area contributed by atoms with E-state index < -0.39 is 6.03 Å². The SMILES string of the molecule is [NH]C(=O)NCC1CCCC1. The maximum atomic E-state index is 10.2. The Morgan fingerprint density at radius 3 is 2.60 bits per heavy atom. The van der Waals surface area contributed by atoms with Gasteiger partial charge >= 0.3 is 6.03 Å². The predicted molar refractivity (Wildman–Crippen MR) is 38.5 cm³/mol. The van der Waals surface area contributed by atoms with Gasteiger partial charge < -0.3 is 5.32 Å². The van der Waals surface area contributed by atoms with Gasteiger partial charge in [-0.15, -0.1) is 0 Å². The van der Waals surface area contributed by atoms with Gasteiger partial charge in [-0.25, -0.2) is 10.5 Å². The van der Waals surface area contributed by atoms with E-state index in [1.54, 1.807) is 0 Å². The molecule has 10 heavy (non-hydrogen) atoms. The average Bonchev–Trinajstić information content (AvgIpc) is 2.34. The molecule has 0 aliphatic heterocycles. The van der Waals surface area contributed by atoms with Crippen molar-refractivity contribution in [2.45, 2.75) is 25.7 Å². The van der Waals surface area contributed by atoms with Crippen LogP contribution >= 0.6 is 0 Å². The second-order valence-electron chi connectivity index (χ2n) is 2.86. The van der Waals surface area contributed by atoms with Crippen LogP contribution in [0, 0.1) is 5.92 Å². The van der Waals surface area contributed by atoms with E-state index in [1.165, 1.54) is 25.7 Å². The number of nitrogens with one attached hydrogen (secondary N) is 2. The molecule has 0 aromatic heterocycles.